The molecule has 0 bridgehead atoms. The van der Waals surface area contributed by atoms with Gasteiger partial charge in [-0.3, -0.25) is 0 Å². The third-order valence-corrected chi connectivity index (χ3v) is 11.8. The number of aromatic nitrogens is 2. The van der Waals surface area contributed by atoms with Crippen molar-refractivity contribution in [2.75, 3.05) is 0 Å². The molecule has 8 aromatic carbocycles. The van der Waals surface area contributed by atoms with Crippen molar-refractivity contribution in [3.05, 3.63) is 182 Å². The molecule has 0 N–H and O–H groups in total. The summed E-state index contributed by atoms with van der Waals surface area (Å²) >= 11 is 1.89. The lowest BCUT2D eigenvalue weighted by Crippen LogP contribution is -1.93. The van der Waals surface area contributed by atoms with Gasteiger partial charge in [-0.05, 0) is 58.7 Å². The van der Waals surface area contributed by atoms with Crippen molar-refractivity contribution in [3.8, 4) is 39.2 Å². The second kappa shape index (κ2) is 11.5. The summed E-state index contributed by atoms with van der Waals surface area (Å²) in [6.45, 7) is 0. The largest absolute Gasteiger partial charge is 0.309 e. The van der Waals surface area contributed by atoms with Gasteiger partial charge in [-0.25, -0.2) is 4.98 Å². The molecule has 0 aliphatic carbocycles. The molecule has 0 radical (unpaired) electrons. The van der Waals surface area contributed by atoms with Gasteiger partial charge < -0.3 is 4.57 Å². The fraction of sp³-hybridized carbons (Fsp3) is 0. The SMILES string of the molecule is c1ccc(-c2nc3ccccc3c3c2ccc2sc4c(-c5ccc(-c6ccc7c8ccccc8n(-c8ccccc8)c7c6)cc5)cccc4c23)cc1. The number of benzene rings is 8. The van der Waals surface area contributed by atoms with Crippen molar-refractivity contribution in [2.24, 2.45) is 0 Å². The molecule has 0 atom stereocenters. The zero-order chi connectivity index (χ0) is 34.2. The summed E-state index contributed by atoms with van der Waals surface area (Å²) in [4.78, 5) is 5.19. The maximum absolute atomic E-state index is 5.19. The molecule has 0 amide bonds. The van der Waals surface area contributed by atoms with Gasteiger partial charge in [-0.15, -0.1) is 11.3 Å². The molecule has 0 spiro atoms. The number of hydrogen-bond acceptors (Lipinski definition) is 2. The van der Waals surface area contributed by atoms with E-state index in [4.69, 9.17) is 4.98 Å². The number of thiophene rings is 1. The van der Waals surface area contributed by atoms with Crippen molar-refractivity contribution >= 4 is 75.0 Å². The first-order valence-electron chi connectivity index (χ1n) is 17.7. The molecular formula is C49H30N2S. The van der Waals surface area contributed by atoms with E-state index in [1.165, 1.54) is 86.1 Å². The molecule has 11 rings (SSSR count). The van der Waals surface area contributed by atoms with Crippen molar-refractivity contribution in [2.45, 2.75) is 0 Å². The lowest BCUT2D eigenvalue weighted by Gasteiger charge is -2.12. The maximum Gasteiger partial charge on any atom is 0.0788 e. The quantitative estimate of drug-likeness (QED) is 0.169. The van der Waals surface area contributed by atoms with E-state index in [-0.39, 0.29) is 0 Å². The highest BCUT2D eigenvalue weighted by Crippen LogP contribution is 2.46. The van der Waals surface area contributed by atoms with Crippen molar-refractivity contribution in [1.82, 2.24) is 9.55 Å². The van der Waals surface area contributed by atoms with Crippen molar-refractivity contribution in [1.29, 1.82) is 0 Å². The third-order valence-electron chi connectivity index (χ3n) is 10.6. The van der Waals surface area contributed by atoms with E-state index < -0.39 is 0 Å². The van der Waals surface area contributed by atoms with Crippen LogP contribution in [0.3, 0.4) is 0 Å². The molecule has 3 heterocycles. The van der Waals surface area contributed by atoms with Gasteiger partial charge in [0.1, 0.15) is 0 Å². The minimum absolute atomic E-state index is 1.02. The van der Waals surface area contributed by atoms with Crippen LogP contribution in [0.4, 0.5) is 0 Å². The predicted molar refractivity (Wildman–Crippen MR) is 223 cm³/mol. The molecule has 3 heteroatoms. The number of hydrogen-bond donors (Lipinski definition) is 0. The van der Waals surface area contributed by atoms with Gasteiger partial charge in [-0.1, -0.05) is 146 Å². The predicted octanol–water partition coefficient (Wildman–Crippen LogP) is 13.9. The van der Waals surface area contributed by atoms with Crippen LogP contribution in [0.25, 0.3) is 103 Å². The Balaban J connectivity index is 1.06. The van der Waals surface area contributed by atoms with Gasteiger partial charge in [0.25, 0.3) is 0 Å². The first-order chi connectivity index (χ1) is 25.8. The normalized spacial score (nSPS) is 11.8. The second-order valence-corrected chi connectivity index (χ2v) is 14.5. The van der Waals surface area contributed by atoms with Crippen LogP contribution in [-0.2, 0) is 0 Å². The molecular weight excluding hydrogens is 649 g/mol. The van der Waals surface area contributed by atoms with E-state index in [2.05, 4.69) is 187 Å². The van der Waals surface area contributed by atoms with Crippen LogP contribution in [0.5, 0.6) is 0 Å². The Labute approximate surface area is 304 Å². The van der Waals surface area contributed by atoms with E-state index in [1.807, 2.05) is 11.3 Å². The lowest BCUT2D eigenvalue weighted by molar-refractivity contribution is 1.18. The highest BCUT2D eigenvalue weighted by atomic mass is 32.1. The summed E-state index contributed by atoms with van der Waals surface area (Å²) in [7, 11) is 0. The Hall–Kier alpha value is -6.55. The van der Waals surface area contributed by atoms with Crippen LogP contribution in [-0.4, -0.2) is 9.55 Å². The van der Waals surface area contributed by atoms with Crippen LogP contribution < -0.4 is 0 Å². The van der Waals surface area contributed by atoms with Gasteiger partial charge in [0, 0.05) is 58.4 Å². The molecule has 0 fully saturated rings. The molecule has 11 aromatic rings. The van der Waals surface area contributed by atoms with E-state index in [1.54, 1.807) is 0 Å². The molecule has 0 aliphatic rings. The number of para-hydroxylation sites is 3. The zero-order valence-corrected chi connectivity index (χ0v) is 28.9. The molecule has 0 saturated carbocycles. The molecule has 242 valence electrons. The van der Waals surface area contributed by atoms with Gasteiger partial charge in [0.05, 0.1) is 22.2 Å². The average Bonchev–Trinajstić information content (AvgIpc) is 3.77. The molecule has 3 aromatic heterocycles. The van der Waals surface area contributed by atoms with Crippen molar-refractivity contribution in [3.63, 3.8) is 0 Å². The van der Waals surface area contributed by atoms with Crippen LogP contribution in [0.2, 0.25) is 0 Å². The number of pyridine rings is 1. The number of nitrogens with zero attached hydrogens (tertiary/aromatic N) is 2. The fourth-order valence-electron chi connectivity index (χ4n) is 8.22. The van der Waals surface area contributed by atoms with Crippen LogP contribution in [0.15, 0.2) is 182 Å². The van der Waals surface area contributed by atoms with E-state index in [0.717, 1.165) is 16.8 Å². The lowest BCUT2D eigenvalue weighted by atomic mass is 9.95. The molecule has 2 nitrogen and oxygen atoms in total. The summed E-state index contributed by atoms with van der Waals surface area (Å²) in [5, 5.41) is 8.81. The highest BCUT2D eigenvalue weighted by molar-refractivity contribution is 7.26. The Morgan fingerprint density at radius 3 is 1.90 bits per heavy atom. The Bertz CT molecular complexity index is 3150. The number of rotatable bonds is 4. The van der Waals surface area contributed by atoms with Gasteiger partial charge in [0.15, 0.2) is 0 Å². The maximum atomic E-state index is 5.19. The molecule has 52 heavy (non-hydrogen) atoms. The van der Waals surface area contributed by atoms with E-state index in [9.17, 15) is 0 Å². The zero-order valence-electron chi connectivity index (χ0n) is 28.1. The average molecular weight is 679 g/mol. The number of fused-ring (bicyclic) bond motifs is 10. The first-order valence-corrected chi connectivity index (χ1v) is 18.5. The monoisotopic (exact) mass is 678 g/mol. The van der Waals surface area contributed by atoms with Gasteiger partial charge in [-0.2, -0.15) is 0 Å². The van der Waals surface area contributed by atoms with Crippen molar-refractivity contribution < 1.29 is 0 Å². The summed E-state index contributed by atoms with van der Waals surface area (Å²) in [5.41, 5.74) is 11.7. The van der Waals surface area contributed by atoms with Crippen LogP contribution in [0.1, 0.15) is 0 Å². The minimum atomic E-state index is 1.02. The Morgan fingerprint density at radius 1 is 0.404 bits per heavy atom. The van der Waals surface area contributed by atoms with E-state index >= 15 is 0 Å². The smallest absolute Gasteiger partial charge is 0.0788 e. The van der Waals surface area contributed by atoms with Crippen LogP contribution >= 0.6 is 11.3 Å². The molecule has 0 saturated heterocycles. The van der Waals surface area contributed by atoms with Gasteiger partial charge in [0.2, 0.25) is 0 Å². The molecule has 0 aliphatic heterocycles. The summed E-state index contributed by atoms with van der Waals surface area (Å²) in [6, 6.07) is 65.9. The summed E-state index contributed by atoms with van der Waals surface area (Å²) < 4.78 is 4.99. The fourth-order valence-corrected chi connectivity index (χ4v) is 9.47. The van der Waals surface area contributed by atoms with Crippen LogP contribution in [0, 0.1) is 0 Å². The van der Waals surface area contributed by atoms with Gasteiger partial charge >= 0.3 is 0 Å². The Kier molecular flexibility index (Phi) is 6.46. The van der Waals surface area contributed by atoms with E-state index in [0.29, 0.717) is 0 Å². The topological polar surface area (TPSA) is 17.8 Å². The standard InChI is InChI=1S/C49H30N2S/c1-3-12-33(13-4-1)48-40-28-29-45-47(46(40)39-17-7-9-20-42(39)50-48)41-19-11-18-36(49(41)52-45)32-24-22-31(23-25-32)34-26-27-38-37-16-8-10-21-43(37)51(44(38)30-34)35-14-5-2-6-15-35/h1-30H. The Morgan fingerprint density at radius 2 is 1.06 bits per heavy atom. The second-order valence-electron chi connectivity index (χ2n) is 13.5. The molecule has 0 unspecified atom stereocenters. The minimum Gasteiger partial charge on any atom is -0.309 e. The summed E-state index contributed by atoms with van der Waals surface area (Å²) in [6.07, 6.45) is 0. The summed E-state index contributed by atoms with van der Waals surface area (Å²) in [5.74, 6) is 0. The third kappa shape index (κ3) is 4.40. The highest BCUT2D eigenvalue weighted by Gasteiger charge is 2.18. The first kappa shape index (κ1) is 29.2.